The zero-order valence-electron chi connectivity index (χ0n) is 14.8. The molecule has 2 rings (SSSR count). The van der Waals surface area contributed by atoms with E-state index in [2.05, 4.69) is 20.5 Å². The van der Waals surface area contributed by atoms with Crippen LogP contribution in [0.5, 0.6) is 5.75 Å². The fourth-order valence-corrected chi connectivity index (χ4v) is 2.84. The SMILES string of the molecule is CCNC(=NCc1ccc(OC)c(F)c1)NCCN1CCCCC1. The second-order valence-electron chi connectivity index (χ2n) is 5.99. The molecule has 134 valence electrons. The summed E-state index contributed by atoms with van der Waals surface area (Å²) in [7, 11) is 1.46. The van der Waals surface area contributed by atoms with Crippen LogP contribution in [0.3, 0.4) is 0 Å². The Morgan fingerprint density at radius 1 is 1.25 bits per heavy atom. The van der Waals surface area contributed by atoms with Crippen LogP contribution in [0, 0.1) is 5.82 Å². The third-order valence-electron chi connectivity index (χ3n) is 4.15. The van der Waals surface area contributed by atoms with Crippen LogP contribution in [0.25, 0.3) is 0 Å². The summed E-state index contributed by atoms with van der Waals surface area (Å²) in [5.74, 6) is 0.674. The molecule has 5 nitrogen and oxygen atoms in total. The minimum Gasteiger partial charge on any atom is -0.494 e. The zero-order valence-corrected chi connectivity index (χ0v) is 14.8. The third-order valence-corrected chi connectivity index (χ3v) is 4.15. The van der Waals surface area contributed by atoms with E-state index in [0.717, 1.165) is 31.2 Å². The molecule has 0 radical (unpaired) electrons. The lowest BCUT2D eigenvalue weighted by Gasteiger charge is -2.26. The molecule has 1 saturated heterocycles. The fourth-order valence-electron chi connectivity index (χ4n) is 2.84. The molecule has 0 spiro atoms. The van der Waals surface area contributed by atoms with Crippen LogP contribution in [-0.2, 0) is 6.54 Å². The quantitative estimate of drug-likeness (QED) is 0.593. The van der Waals surface area contributed by atoms with Gasteiger partial charge in [0.1, 0.15) is 0 Å². The van der Waals surface area contributed by atoms with Crippen molar-refractivity contribution < 1.29 is 9.13 Å². The lowest BCUT2D eigenvalue weighted by molar-refractivity contribution is 0.232. The molecule has 24 heavy (non-hydrogen) atoms. The lowest BCUT2D eigenvalue weighted by atomic mass is 10.1. The first-order valence-electron chi connectivity index (χ1n) is 8.80. The van der Waals surface area contributed by atoms with Crippen LogP contribution >= 0.6 is 0 Å². The Labute approximate surface area is 144 Å². The third kappa shape index (κ3) is 6.00. The van der Waals surface area contributed by atoms with E-state index >= 15 is 0 Å². The van der Waals surface area contributed by atoms with Gasteiger partial charge in [-0.25, -0.2) is 9.38 Å². The van der Waals surface area contributed by atoms with E-state index in [9.17, 15) is 4.39 Å². The van der Waals surface area contributed by atoms with Gasteiger partial charge in [0.2, 0.25) is 0 Å². The molecule has 1 aliphatic heterocycles. The van der Waals surface area contributed by atoms with E-state index in [-0.39, 0.29) is 11.6 Å². The summed E-state index contributed by atoms with van der Waals surface area (Å²) in [4.78, 5) is 7.02. The van der Waals surface area contributed by atoms with Crippen LogP contribution in [0.4, 0.5) is 4.39 Å². The van der Waals surface area contributed by atoms with Gasteiger partial charge in [0.05, 0.1) is 13.7 Å². The van der Waals surface area contributed by atoms with E-state index in [0.29, 0.717) is 6.54 Å². The van der Waals surface area contributed by atoms with Crippen LogP contribution in [0.15, 0.2) is 23.2 Å². The fraction of sp³-hybridized carbons (Fsp3) is 0.611. The van der Waals surface area contributed by atoms with Crippen LogP contribution < -0.4 is 15.4 Å². The molecule has 1 aliphatic rings. The summed E-state index contributed by atoms with van der Waals surface area (Å²) < 4.78 is 18.7. The van der Waals surface area contributed by atoms with Gasteiger partial charge in [-0.05, 0) is 50.6 Å². The standard InChI is InChI=1S/C18H29FN4O/c1-3-20-18(21-9-12-23-10-5-4-6-11-23)22-14-15-7-8-17(24-2)16(19)13-15/h7-8,13H,3-6,9-12,14H2,1-2H3,(H2,20,21,22). The summed E-state index contributed by atoms with van der Waals surface area (Å²) in [6.07, 6.45) is 3.96. The monoisotopic (exact) mass is 336 g/mol. The highest BCUT2D eigenvalue weighted by Crippen LogP contribution is 2.18. The number of guanidine groups is 1. The number of methoxy groups -OCH3 is 1. The van der Waals surface area contributed by atoms with Crippen molar-refractivity contribution in [3.8, 4) is 5.75 Å². The average Bonchev–Trinajstić information content (AvgIpc) is 2.60. The Hall–Kier alpha value is -1.82. The lowest BCUT2D eigenvalue weighted by Crippen LogP contribution is -2.42. The molecule has 0 unspecified atom stereocenters. The Morgan fingerprint density at radius 2 is 2.04 bits per heavy atom. The van der Waals surface area contributed by atoms with Crippen LogP contribution in [0.1, 0.15) is 31.7 Å². The highest BCUT2D eigenvalue weighted by atomic mass is 19.1. The first-order valence-corrected chi connectivity index (χ1v) is 8.80. The zero-order chi connectivity index (χ0) is 17.2. The largest absolute Gasteiger partial charge is 0.494 e. The van der Waals surface area contributed by atoms with Crippen molar-refractivity contribution in [2.75, 3.05) is 39.8 Å². The van der Waals surface area contributed by atoms with Gasteiger partial charge in [-0.1, -0.05) is 12.5 Å². The number of likely N-dealkylation sites (tertiary alicyclic amines) is 1. The summed E-state index contributed by atoms with van der Waals surface area (Å²) in [5, 5.41) is 6.58. The van der Waals surface area contributed by atoms with Crippen molar-refractivity contribution in [1.82, 2.24) is 15.5 Å². The number of ether oxygens (including phenoxy) is 1. The number of nitrogens with one attached hydrogen (secondary N) is 2. The molecule has 0 aromatic heterocycles. The van der Waals surface area contributed by atoms with Gasteiger partial charge >= 0.3 is 0 Å². The average molecular weight is 336 g/mol. The number of halogens is 1. The van der Waals surface area contributed by atoms with Gasteiger partial charge in [0.25, 0.3) is 0 Å². The maximum Gasteiger partial charge on any atom is 0.191 e. The molecular weight excluding hydrogens is 307 g/mol. The predicted octanol–water partition coefficient (Wildman–Crippen LogP) is 2.38. The molecule has 0 aliphatic carbocycles. The molecule has 2 N–H and O–H groups in total. The summed E-state index contributed by atoms with van der Waals surface area (Å²) in [6.45, 7) is 7.55. The molecule has 0 atom stereocenters. The second kappa shape index (κ2) is 10.1. The van der Waals surface area contributed by atoms with Crippen molar-refractivity contribution in [3.63, 3.8) is 0 Å². The van der Waals surface area contributed by atoms with E-state index in [4.69, 9.17) is 4.74 Å². The molecular formula is C18H29FN4O. The minimum absolute atomic E-state index is 0.259. The van der Waals surface area contributed by atoms with Crippen LogP contribution in [-0.4, -0.2) is 50.7 Å². The predicted molar refractivity (Wildman–Crippen MR) is 96.1 cm³/mol. The van der Waals surface area contributed by atoms with Gasteiger partial charge in [0.15, 0.2) is 17.5 Å². The highest BCUT2D eigenvalue weighted by Gasteiger charge is 2.09. The van der Waals surface area contributed by atoms with Crippen molar-refractivity contribution in [1.29, 1.82) is 0 Å². The number of hydrogen-bond acceptors (Lipinski definition) is 3. The maximum absolute atomic E-state index is 13.7. The highest BCUT2D eigenvalue weighted by molar-refractivity contribution is 5.79. The Kier molecular flexibility index (Phi) is 7.82. The van der Waals surface area contributed by atoms with Crippen molar-refractivity contribution in [2.24, 2.45) is 4.99 Å². The Balaban J connectivity index is 1.84. The van der Waals surface area contributed by atoms with Gasteiger partial charge in [0, 0.05) is 19.6 Å². The van der Waals surface area contributed by atoms with Gasteiger partial charge in [-0.15, -0.1) is 0 Å². The number of piperidine rings is 1. The Morgan fingerprint density at radius 3 is 2.71 bits per heavy atom. The number of rotatable bonds is 7. The smallest absolute Gasteiger partial charge is 0.191 e. The molecule has 1 aromatic carbocycles. The second-order valence-corrected chi connectivity index (χ2v) is 5.99. The van der Waals surface area contributed by atoms with Gasteiger partial charge in [-0.3, -0.25) is 0 Å². The number of aliphatic imine (C=N–C) groups is 1. The topological polar surface area (TPSA) is 48.9 Å². The maximum atomic E-state index is 13.7. The van der Waals surface area contributed by atoms with E-state index in [1.807, 2.05) is 13.0 Å². The minimum atomic E-state index is -0.353. The van der Waals surface area contributed by atoms with Gasteiger partial charge in [-0.2, -0.15) is 0 Å². The summed E-state index contributed by atoms with van der Waals surface area (Å²) >= 11 is 0. The molecule has 6 heteroatoms. The normalized spacial score (nSPS) is 16.0. The van der Waals surface area contributed by atoms with Crippen molar-refractivity contribution in [3.05, 3.63) is 29.6 Å². The summed E-state index contributed by atoms with van der Waals surface area (Å²) in [6, 6.07) is 4.94. The van der Waals surface area contributed by atoms with E-state index in [1.165, 1.54) is 45.5 Å². The first-order chi connectivity index (χ1) is 11.7. The van der Waals surface area contributed by atoms with E-state index in [1.54, 1.807) is 6.07 Å². The molecule has 1 aromatic rings. The number of hydrogen-bond donors (Lipinski definition) is 2. The number of nitrogens with zero attached hydrogens (tertiary/aromatic N) is 2. The molecule has 0 saturated carbocycles. The van der Waals surface area contributed by atoms with E-state index < -0.39 is 0 Å². The molecule has 1 fully saturated rings. The van der Waals surface area contributed by atoms with Crippen molar-refractivity contribution in [2.45, 2.75) is 32.7 Å². The molecule has 1 heterocycles. The first kappa shape index (κ1) is 18.5. The molecule has 0 amide bonds. The summed E-state index contributed by atoms with van der Waals surface area (Å²) in [5.41, 5.74) is 0.821. The Bertz CT molecular complexity index is 530. The van der Waals surface area contributed by atoms with Gasteiger partial charge < -0.3 is 20.3 Å². The molecule has 0 bridgehead atoms. The number of benzene rings is 1. The van der Waals surface area contributed by atoms with Crippen molar-refractivity contribution >= 4 is 5.96 Å². The van der Waals surface area contributed by atoms with Crippen LogP contribution in [0.2, 0.25) is 0 Å².